The number of rotatable bonds is 2. The zero-order valence-electron chi connectivity index (χ0n) is 8.00. The molecule has 1 aliphatic rings. The Hall–Kier alpha value is -0.320. The highest BCUT2D eigenvalue weighted by Crippen LogP contribution is 2.38. The van der Waals surface area contributed by atoms with Crippen LogP contribution in [-0.2, 0) is 10.3 Å². The minimum Gasteiger partial charge on any atom is -0.465 e. The van der Waals surface area contributed by atoms with Crippen molar-refractivity contribution in [1.82, 2.24) is 0 Å². The van der Waals surface area contributed by atoms with E-state index in [1.165, 1.54) is 0 Å². The van der Waals surface area contributed by atoms with Crippen molar-refractivity contribution in [3.63, 3.8) is 0 Å². The Kier molecular flexibility index (Phi) is 2.68. The summed E-state index contributed by atoms with van der Waals surface area (Å²) in [6.07, 6.45) is 2.45. The monoisotopic (exact) mass is 260 g/mol. The first-order chi connectivity index (χ1) is 6.62. The molecule has 0 bridgehead atoms. The van der Waals surface area contributed by atoms with Gasteiger partial charge in [-0.2, -0.15) is 0 Å². The molecule has 0 saturated carbocycles. The molecule has 3 nitrogen and oxygen atoms in total. The molecular weight excluding hydrogens is 248 g/mol. The van der Waals surface area contributed by atoms with Gasteiger partial charge in [-0.25, -0.2) is 0 Å². The summed E-state index contributed by atoms with van der Waals surface area (Å²) in [5, 5.41) is 10.4. The van der Waals surface area contributed by atoms with Gasteiger partial charge in [-0.3, -0.25) is 0 Å². The topological polar surface area (TPSA) is 42.6 Å². The second-order valence-electron chi connectivity index (χ2n) is 3.81. The van der Waals surface area contributed by atoms with Crippen molar-refractivity contribution in [1.29, 1.82) is 0 Å². The maximum atomic E-state index is 10.4. The van der Waals surface area contributed by atoms with E-state index in [1.54, 1.807) is 19.3 Å². The highest BCUT2D eigenvalue weighted by molar-refractivity contribution is 9.10. The van der Waals surface area contributed by atoms with Gasteiger partial charge < -0.3 is 14.3 Å². The van der Waals surface area contributed by atoms with Gasteiger partial charge in [-0.05, 0) is 35.3 Å². The summed E-state index contributed by atoms with van der Waals surface area (Å²) in [4.78, 5) is 0. The van der Waals surface area contributed by atoms with Crippen LogP contribution in [-0.4, -0.2) is 18.3 Å². The van der Waals surface area contributed by atoms with Crippen LogP contribution in [0.1, 0.15) is 19.1 Å². The van der Waals surface area contributed by atoms with E-state index >= 15 is 0 Å². The Morgan fingerprint density at radius 1 is 1.64 bits per heavy atom. The number of hydrogen-bond donors (Lipinski definition) is 1. The molecule has 0 spiro atoms. The lowest BCUT2D eigenvalue weighted by atomic mass is 9.86. The van der Waals surface area contributed by atoms with Gasteiger partial charge >= 0.3 is 0 Å². The summed E-state index contributed by atoms with van der Waals surface area (Å²) < 4.78 is 11.4. The van der Waals surface area contributed by atoms with E-state index in [9.17, 15) is 5.11 Å². The fraction of sp³-hybridized carbons (Fsp3) is 0.600. The first-order valence-corrected chi connectivity index (χ1v) is 5.45. The van der Waals surface area contributed by atoms with Gasteiger partial charge in [0.1, 0.15) is 11.4 Å². The van der Waals surface area contributed by atoms with Crippen molar-refractivity contribution in [2.75, 3.05) is 13.2 Å². The summed E-state index contributed by atoms with van der Waals surface area (Å²) in [5.74, 6) is 0.706. The molecule has 2 atom stereocenters. The molecule has 0 aromatic carbocycles. The Morgan fingerprint density at radius 2 is 2.43 bits per heavy atom. The van der Waals surface area contributed by atoms with E-state index in [-0.39, 0.29) is 5.92 Å². The number of ether oxygens (including phenoxy) is 1. The Morgan fingerprint density at radius 3 is 2.93 bits per heavy atom. The van der Waals surface area contributed by atoms with Crippen LogP contribution < -0.4 is 0 Å². The quantitative estimate of drug-likeness (QED) is 0.888. The van der Waals surface area contributed by atoms with Crippen LogP contribution in [0.2, 0.25) is 0 Å². The molecule has 2 heterocycles. The largest absolute Gasteiger partial charge is 0.465 e. The van der Waals surface area contributed by atoms with E-state index < -0.39 is 5.60 Å². The van der Waals surface area contributed by atoms with Gasteiger partial charge in [0.2, 0.25) is 0 Å². The summed E-state index contributed by atoms with van der Waals surface area (Å²) in [6, 6.07) is 1.79. The van der Waals surface area contributed by atoms with Crippen LogP contribution in [0.4, 0.5) is 0 Å². The molecule has 1 saturated heterocycles. The molecule has 0 amide bonds. The first kappa shape index (κ1) is 10.2. The molecule has 1 fully saturated rings. The zero-order valence-corrected chi connectivity index (χ0v) is 9.58. The van der Waals surface area contributed by atoms with Crippen molar-refractivity contribution in [3.8, 4) is 0 Å². The van der Waals surface area contributed by atoms with E-state index in [4.69, 9.17) is 9.15 Å². The third-order valence-electron chi connectivity index (χ3n) is 2.80. The molecule has 14 heavy (non-hydrogen) atoms. The number of halogens is 1. The van der Waals surface area contributed by atoms with Gasteiger partial charge in [0, 0.05) is 12.5 Å². The van der Waals surface area contributed by atoms with E-state index in [0.717, 1.165) is 17.5 Å². The van der Waals surface area contributed by atoms with Crippen molar-refractivity contribution in [2.45, 2.75) is 18.9 Å². The molecular formula is C10H13BrO3. The van der Waals surface area contributed by atoms with Crippen LogP contribution in [0.3, 0.4) is 0 Å². The predicted molar refractivity (Wildman–Crippen MR) is 54.9 cm³/mol. The lowest BCUT2D eigenvalue weighted by Gasteiger charge is -2.27. The van der Waals surface area contributed by atoms with Crippen molar-refractivity contribution in [3.05, 3.63) is 22.6 Å². The second-order valence-corrected chi connectivity index (χ2v) is 4.66. The van der Waals surface area contributed by atoms with Gasteiger partial charge in [-0.1, -0.05) is 0 Å². The van der Waals surface area contributed by atoms with Crippen LogP contribution in [0, 0.1) is 5.92 Å². The number of aliphatic hydroxyl groups is 1. The van der Waals surface area contributed by atoms with E-state index in [1.807, 2.05) is 0 Å². The molecule has 2 rings (SSSR count). The van der Waals surface area contributed by atoms with Crippen LogP contribution in [0.25, 0.3) is 0 Å². The molecule has 2 unspecified atom stereocenters. The molecule has 0 aliphatic carbocycles. The zero-order chi connectivity index (χ0) is 10.2. The average molecular weight is 261 g/mol. The molecule has 4 heteroatoms. The van der Waals surface area contributed by atoms with Crippen molar-refractivity contribution < 1.29 is 14.3 Å². The Bertz CT molecular complexity index is 313. The fourth-order valence-corrected chi connectivity index (χ4v) is 2.42. The summed E-state index contributed by atoms with van der Waals surface area (Å²) in [6.45, 7) is 3.09. The van der Waals surface area contributed by atoms with E-state index in [2.05, 4.69) is 15.9 Å². The highest BCUT2D eigenvalue weighted by atomic mass is 79.9. The van der Waals surface area contributed by atoms with E-state index in [0.29, 0.717) is 12.4 Å². The third-order valence-corrected chi connectivity index (χ3v) is 3.43. The Balaban J connectivity index is 2.26. The SMILES string of the molecule is CC(O)(c1occc1Br)C1CCOC1. The van der Waals surface area contributed by atoms with Crippen LogP contribution >= 0.6 is 15.9 Å². The minimum absolute atomic E-state index is 0.116. The van der Waals surface area contributed by atoms with Gasteiger partial charge in [0.05, 0.1) is 17.3 Å². The lowest BCUT2D eigenvalue weighted by molar-refractivity contribution is -0.0284. The lowest BCUT2D eigenvalue weighted by Crippen LogP contribution is -2.32. The smallest absolute Gasteiger partial charge is 0.149 e. The first-order valence-electron chi connectivity index (χ1n) is 4.66. The number of hydrogen-bond acceptors (Lipinski definition) is 3. The summed E-state index contributed by atoms with van der Waals surface area (Å²) in [7, 11) is 0. The normalized spacial score (nSPS) is 26.4. The maximum absolute atomic E-state index is 10.4. The summed E-state index contributed by atoms with van der Waals surface area (Å²) in [5.41, 5.74) is -0.946. The third kappa shape index (κ3) is 1.62. The van der Waals surface area contributed by atoms with Gasteiger partial charge in [-0.15, -0.1) is 0 Å². The fourth-order valence-electron chi connectivity index (χ4n) is 1.82. The standard InChI is InChI=1S/C10H13BrO3/c1-10(12,7-2-4-13-6-7)9-8(11)3-5-14-9/h3,5,7,12H,2,4,6H2,1H3. The molecule has 1 aromatic rings. The average Bonchev–Trinajstić information content (AvgIpc) is 2.72. The highest BCUT2D eigenvalue weighted by Gasteiger charge is 2.39. The molecule has 78 valence electrons. The molecule has 1 N–H and O–H groups in total. The predicted octanol–water partition coefficient (Wildman–Crippen LogP) is 2.29. The van der Waals surface area contributed by atoms with Gasteiger partial charge in [0.15, 0.2) is 0 Å². The Labute approximate surface area is 91.2 Å². The van der Waals surface area contributed by atoms with Crippen molar-refractivity contribution in [2.24, 2.45) is 5.92 Å². The number of furan rings is 1. The maximum Gasteiger partial charge on any atom is 0.149 e. The molecule has 1 aromatic heterocycles. The molecule has 1 aliphatic heterocycles. The van der Waals surface area contributed by atoms with Gasteiger partial charge in [0.25, 0.3) is 0 Å². The second kappa shape index (κ2) is 3.68. The minimum atomic E-state index is -0.946. The summed E-state index contributed by atoms with van der Waals surface area (Å²) >= 11 is 3.35. The molecule has 0 radical (unpaired) electrons. The van der Waals surface area contributed by atoms with Crippen molar-refractivity contribution >= 4 is 15.9 Å². The van der Waals surface area contributed by atoms with Crippen LogP contribution in [0.5, 0.6) is 0 Å². The van der Waals surface area contributed by atoms with Crippen LogP contribution in [0.15, 0.2) is 21.2 Å².